The van der Waals surface area contributed by atoms with Crippen molar-refractivity contribution in [1.82, 2.24) is 15.3 Å². The predicted molar refractivity (Wildman–Crippen MR) is 113 cm³/mol. The number of nitrogens with one attached hydrogen (secondary N) is 1. The summed E-state index contributed by atoms with van der Waals surface area (Å²) >= 11 is 6.04. The number of carbonyl (C=O) groups excluding carboxylic acids is 2. The second-order valence-electron chi connectivity index (χ2n) is 8.91. The highest BCUT2D eigenvalue weighted by Gasteiger charge is 2.38. The van der Waals surface area contributed by atoms with Crippen LogP contribution >= 0.6 is 11.6 Å². The van der Waals surface area contributed by atoms with Crippen LogP contribution in [0.2, 0.25) is 5.02 Å². The Bertz CT molecular complexity index is 1040. The zero-order valence-corrected chi connectivity index (χ0v) is 18.4. The van der Waals surface area contributed by atoms with Gasteiger partial charge in [-0.1, -0.05) is 11.6 Å². The molecule has 1 aliphatic carbocycles. The van der Waals surface area contributed by atoms with Crippen molar-refractivity contribution in [2.24, 2.45) is 0 Å². The minimum atomic E-state index is -0.875. The Morgan fingerprint density at radius 3 is 2.77 bits per heavy atom. The van der Waals surface area contributed by atoms with Crippen LogP contribution < -0.4 is 10.2 Å². The number of halogens is 2. The van der Waals surface area contributed by atoms with Crippen molar-refractivity contribution in [3.05, 3.63) is 52.2 Å². The Hall–Kier alpha value is -2.74. The smallest absolute Gasteiger partial charge is 0.408 e. The van der Waals surface area contributed by atoms with E-state index in [0.717, 1.165) is 12.8 Å². The van der Waals surface area contributed by atoms with Gasteiger partial charge in [0.05, 0.1) is 6.54 Å². The first kappa shape index (κ1) is 21.5. The summed E-state index contributed by atoms with van der Waals surface area (Å²) in [5.74, 6) is 0.559. The number of ether oxygens (including phenoxy) is 1. The molecule has 2 amide bonds. The number of hydrogen-bond acceptors (Lipinski definition) is 5. The van der Waals surface area contributed by atoms with Crippen molar-refractivity contribution in [3.8, 4) is 0 Å². The molecule has 0 spiro atoms. The minimum absolute atomic E-state index is 0.0636. The molecule has 4 rings (SSSR count). The molecule has 31 heavy (non-hydrogen) atoms. The van der Waals surface area contributed by atoms with Crippen LogP contribution in [0.5, 0.6) is 0 Å². The van der Waals surface area contributed by atoms with Crippen molar-refractivity contribution in [1.29, 1.82) is 0 Å². The highest BCUT2D eigenvalue weighted by molar-refractivity contribution is 6.30. The molecule has 1 atom stereocenters. The number of hydrogen-bond donors (Lipinski definition) is 1. The molecular weight excluding hydrogens is 423 g/mol. The zero-order valence-electron chi connectivity index (χ0n) is 17.6. The van der Waals surface area contributed by atoms with Crippen LogP contribution in [0.1, 0.15) is 56.5 Å². The highest BCUT2D eigenvalue weighted by atomic mass is 35.5. The van der Waals surface area contributed by atoms with Gasteiger partial charge in [-0.15, -0.1) is 0 Å². The summed E-state index contributed by atoms with van der Waals surface area (Å²) in [4.78, 5) is 36.1. The number of anilines is 1. The Labute approximate surface area is 185 Å². The number of nitrogens with zero attached hydrogens (tertiary/aromatic N) is 3. The van der Waals surface area contributed by atoms with E-state index in [1.807, 2.05) is 0 Å². The molecule has 2 heterocycles. The van der Waals surface area contributed by atoms with Crippen molar-refractivity contribution in [3.63, 3.8) is 0 Å². The van der Waals surface area contributed by atoms with Crippen LogP contribution in [0.25, 0.3) is 0 Å². The molecule has 2 aliphatic rings. The lowest BCUT2D eigenvalue weighted by Crippen LogP contribution is -2.53. The first-order valence-electron chi connectivity index (χ1n) is 10.2. The predicted octanol–water partition coefficient (Wildman–Crippen LogP) is 4.13. The van der Waals surface area contributed by atoms with Crippen molar-refractivity contribution < 1.29 is 18.7 Å². The largest absolute Gasteiger partial charge is 0.444 e. The van der Waals surface area contributed by atoms with Gasteiger partial charge in [-0.2, -0.15) is 0 Å². The molecule has 7 nitrogen and oxygen atoms in total. The third-order valence-electron chi connectivity index (χ3n) is 5.07. The second-order valence-corrected chi connectivity index (χ2v) is 9.35. The van der Waals surface area contributed by atoms with Crippen LogP contribution in [0, 0.1) is 5.82 Å². The van der Waals surface area contributed by atoms with E-state index in [9.17, 15) is 14.0 Å². The van der Waals surface area contributed by atoms with Crippen LogP contribution in [-0.2, 0) is 22.5 Å². The van der Waals surface area contributed by atoms with E-state index in [2.05, 4.69) is 15.3 Å². The summed E-state index contributed by atoms with van der Waals surface area (Å²) in [5, 5.41) is 3.00. The lowest BCUT2D eigenvalue weighted by Gasteiger charge is -2.34. The van der Waals surface area contributed by atoms with E-state index < -0.39 is 29.5 Å². The Morgan fingerprint density at radius 1 is 1.35 bits per heavy atom. The van der Waals surface area contributed by atoms with Gasteiger partial charge in [0, 0.05) is 34.7 Å². The van der Waals surface area contributed by atoms with Crippen molar-refractivity contribution in [2.45, 2.75) is 64.1 Å². The fourth-order valence-corrected chi connectivity index (χ4v) is 3.67. The Kier molecular flexibility index (Phi) is 5.60. The lowest BCUT2D eigenvalue weighted by molar-refractivity contribution is -0.121. The molecule has 1 aromatic heterocycles. The lowest BCUT2D eigenvalue weighted by atomic mass is 10.0. The number of carbonyl (C=O) groups is 2. The highest BCUT2D eigenvalue weighted by Crippen LogP contribution is 2.39. The second kappa shape index (κ2) is 8.07. The average molecular weight is 447 g/mol. The van der Waals surface area contributed by atoms with Gasteiger partial charge in [-0.3, -0.25) is 9.69 Å². The zero-order chi connectivity index (χ0) is 22.3. The molecule has 1 aliphatic heterocycles. The van der Waals surface area contributed by atoms with Gasteiger partial charge < -0.3 is 10.1 Å². The molecule has 0 radical (unpaired) electrons. The summed E-state index contributed by atoms with van der Waals surface area (Å²) in [7, 11) is 0. The van der Waals surface area contributed by atoms with E-state index in [1.54, 1.807) is 27.0 Å². The van der Waals surface area contributed by atoms with Gasteiger partial charge in [-0.05, 0) is 51.8 Å². The van der Waals surface area contributed by atoms with Gasteiger partial charge in [0.25, 0.3) is 5.91 Å². The van der Waals surface area contributed by atoms with Gasteiger partial charge in [0.2, 0.25) is 0 Å². The maximum absolute atomic E-state index is 14.4. The molecule has 1 saturated carbocycles. The number of aromatic nitrogens is 2. The van der Waals surface area contributed by atoms with Gasteiger partial charge in [-0.25, -0.2) is 19.2 Å². The molecule has 2 aromatic rings. The monoisotopic (exact) mass is 446 g/mol. The van der Waals surface area contributed by atoms with Crippen LogP contribution in [0.4, 0.5) is 15.0 Å². The first-order valence-corrected chi connectivity index (χ1v) is 10.6. The van der Waals surface area contributed by atoms with Gasteiger partial charge in [0.1, 0.15) is 29.1 Å². The quantitative estimate of drug-likeness (QED) is 0.763. The van der Waals surface area contributed by atoms with Crippen molar-refractivity contribution >= 4 is 29.4 Å². The third kappa shape index (κ3) is 4.95. The number of rotatable bonds is 4. The molecule has 1 N–H and O–H groups in total. The van der Waals surface area contributed by atoms with E-state index in [-0.39, 0.29) is 18.5 Å². The summed E-state index contributed by atoms with van der Waals surface area (Å²) in [6.45, 7) is 5.16. The number of fused-ring (bicyclic) bond motifs is 1. The van der Waals surface area contributed by atoms with Gasteiger partial charge >= 0.3 is 6.09 Å². The van der Waals surface area contributed by atoms with Gasteiger partial charge in [0.15, 0.2) is 0 Å². The Balaban J connectivity index is 1.66. The summed E-state index contributed by atoms with van der Waals surface area (Å²) in [6, 6.07) is 3.32. The van der Waals surface area contributed by atoms with Crippen molar-refractivity contribution in [2.75, 3.05) is 4.90 Å². The number of amides is 2. The molecule has 1 unspecified atom stereocenters. The maximum atomic E-state index is 14.4. The summed E-state index contributed by atoms with van der Waals surface area (Å²) < 4.78 is 19.7. The Morgan fingerprint density at radius 2 is 2.10 bits per heavy atom. The minimum Gasteiger partial charge on any atom is -0.444 e. The van der Waals surface area contributed by atoms with Crippen LogP contribution in [0.3, 0.4) is 0 Å². The molecule has 9 heteroatoms. The standard InChI is InChI=1S/C22H24ClFN4O3/c1-22(2,3)31-21(30)26-17-9-13-10-25-18(12-4-5-12)27-19(13)28(20(17)29)11-14-8-15(23)6-7-16(14)24/h6-8,10,12,17H,4-5,9,11H2,1-3H3,(H,26,30). The molecule has 0 bridgehead atoms. The number of benzene rings is 1. The topological polar surface area (TPSA) is 84.4 Å². The molecule has 1 aromatic carbocycles. The van der Waals surface area contributed by atoms with E-state index >= 15 is 0 Å². The average Bonchev–Trinajstić information content (AvgIpc) is 3.51. The van der Waals surface area contributed by atoms with E-state index in [1.165, 1.54) is 23.1 Å². The molecular formula is C22H24ClFN4O3. The summed E-state index contributed by atoms with van der Waals surface area (Å²) in [6.07, 6.45) is 3.25. The fraction of sp³-hybridized carbons (Fsp3) is 0.455. The van der Waals surface area contributed by atoms with Crippen LogP contribution in [-0.4, -0.2) is 33.6 Å². The van der Waals surface area contributed by atoms with E-state index in [0.29, 0.717) is 28.1 Å². The third-order valence-corrected chi connectivity index (χ3v) is 5.31. The SMILES string of the molecule is CC(C)(C)OC(=O)NC1Cc2cnc(C3CC3)nc2N(Cc2cc(Cl)ccc2F)C1=O. The number of alkyl carbamates (subject to hydrolysis) is 1. The van der Waals surface area contributed by atoms with Crippen LogP contribution in [0.15, 0.2) is 24.4 Å². The maximum Gasteiger partial charge on any atom is 0.408 e. The fourth-order valence-electron chi connectivity index (χ4n) is 3.48. The molecule has 0 saturated heterocycles. The molecule has 1 fully saturated rings. The summed E-state index contributed by atoms with van der Waals surface area (Å²) in [5.41, 5.74) is 0.259. The normalized spacial score (nSPS) is 18.5. The molecule has 164 valence electrons. The first-order chi connectivity index (χ1) is 14.6. The van der Waals surface area contributed by atoms with E-state index in [4.69, 9.17) is 16.3 Å².